The van der Waals surface area contributed by atoms with Crippen LogP contribution in [0.4, 0.5) is 4.39 Å². The summed E-state index contributed by atoms with van der Waals surface area (Å²) in [5, 5.41) is 0. The number of rotatable bonds is 4. The van der Waals surface area contributed by atoms with Crippen molar-refractivity contribution >= 4 is 11.6 Å². The van der Waals surface area contributed by atoms with E-state index in [0.29, 0.717) is 12.5 Å². The van der Waals surface area contributed by atoms with Gasteiger partial charge in [-0.15, -0.1) is 11.6 Å². The molecule has 1 atom stereocenters. The molecule has 3 rings (SSSR count). The van der Waals surface area contributed by atoms with E-state index in [2.05, 4.69) is 0 Å². The molecule has 2 nitrogen and oxygen atoms in total. The zero-order chi connectivity index (χ0) is 14.7. The van der Waals surface area contributed by atoms with Gasteiger partial charge in [0.05, 0.1) is 11.7 Å². The number of benzene rings is 1. The van der Waals surface area contributed by atoms with E-state index >= 15 is 0 Å². The van der Waals surface area contributed by atoms with Gasteiger partial charge in [0.2, 0.25) is 0 Å². The zero-order valence-electron chi connectivity index (χ0n) is 12.2. The van der Waals surface area contributed by atoms with Gasteiger partial charge in [-0.1, -0.05) is 25.3 Å². The van der Waals surface area contributed by atoms with Gasteiger partial charge in [-0.2, -0.15) is 0 Å². The molecule has 1 aliphatic heterocycles. The maximum Gasteiger partial charge on any atom is 0.165 e. The predicted octanol–water partition coefficient (Wildman–Crippen LogP) is 4.83. The van der Waals surface area contributed by atoms with E-state index in [0.717, 1.165) is 18.4 Å². The lowest BCUT2D eigenvalue weighted by Gasteiger charge is -2.33. The summed E-state index contributed by atoms with van der Waals surface area (Å²) in [4.78, 5) is 0. The molecule has 4 heteroatoms. The molecule has 2 aliphatic rings. The summed E-state index contributed by atoms with van der Waals surface area (Å²) in [6, 6.07) is 4.88. The average molecular weight is 313 g/mol. The van der Waals surface area contributed by atoms with Gasteiger partial charge in [0.25, 0.3) is 0 Å². The van der Waals surface area contributed by atoms with Crippen LogP contribution < -0.4 is 4.74 Å². The Labute approximate surface area is 130 Å². The van der Waals surface area contributed by atoms with Crippen molar-refractivity contribution < 1.29 is 13.9 Å². The Morgan fingerprint density at radius 2 is 2.05 bits per heavy atom. The monoisotopic (exact) mass is 312 g/mol. The molecule has 1 heterocycles. The third-order valence-electron chi connectivity index (χ3n) is 4.68. The minimum Gasteiger partial charge on any atom is -0.488 e. The number of alkyl halides is 1. The lowest BCUT2D eigenvalue weighted by atomic mass is 9.83. The van der Waals surface area contributed by atoms with Gasteiger partial charge in [0.1, 0.15) is 6.61 Å². The van der Waals surface area contributed by atoms with Crippen LogP contribution in [0, 0.1) is 5.82 Å². The van der Waals surface area contributed by atoms with Crippen LogP contribution in [0.25, 0.3) is 0 Å². The fraction of sp³-hybridized carbons (Fsp3) is 0.647. The summed E-state index contributed by atoms with van der Waals surface area (Å²) in [5.74, 6) is 0.251. The van der Waals surface area contributed by atoms with Crippen LogP contribution in [0.1, 0.15) is 50.5 Å². The lowest BCUT2D eigenvalue weighted by molar-refractivity contribution is -0.0751. The van der Waals surface area contributed by atoms with Gasteiger partial charge in [0, 0.05) is 5.88 Å². The average Bonchev–Trinajstić information content (AvgIpc) is 2.89. The van der Waals surface area contributed by atoms with Gasteiger partial charge >= 0.3 is 0 Å². The minimum atomic E-state index is -0.349. The summed E-state index contributed by atoms with van der Waals surface area (Å²) in [5.41, 5.74) is 0.854. The van der Waals surface area contributed by atoms with Crippen molar-refractivity contribution in [1.82, 2.24) is 0 Å². The third kappa shape index (κ3) is 3.51. The van der Waals surface area contributed by atoms with Crippen LogP contribution in [0.5, 0.6) is 5.75 Å². The summed E-state index contributed by atoms with van der Waals surface area (Å²) in [7, 11) is 0. The molecule has 0 radical (unpaired) electrons. The molecule has 2 fully saturated rings. The van der Waals surface area contributed by atoms with E-state index < -0.39 is 0 Å². The molecule has 0 amide bonds. The second kappa shape index (κ2) is 6.53. The highest BCUT2D eigenvalue weighted by Crippen LogP contribution is 2.42. The third-order valence-corrected chi connectivity index (χ3v) is 4.99. The van der Waals surface area contributed by atoms with E-state index in [-0.39, 0.29) is 23.3 Å². The second-order valence-corrected chi connectivity index (χ2v) is 6.50. The van der Waals surface area contributed by atoms with Crippen LogP contribution in [-0.2, 0) is 10.6 Å². The van der Waals surface area contributed by atoms with Gasteiger partial charge in [-0.05, 0) is 43.4 Å². The van der Waals surface area contributed by atoms with Crippen molar-refractivity contribution in [3.05, 3.63) is 29.6 Å². The summed E-state index contributed by atoms with van der Waals surface area (Å²) < 4.78 is 25.7. The molecular formula is C17H22ClFO2. The summed E-state index contributed by atoms with van der Waals surface area (Å²) in [6.45, 7) is 0.429. The Hall–Kier alpha value is -0.800. The Bertz CT molecular complexity index is 486. The van der Waals surface area contributed by atoms with Crippen molar-refractivity contribution in [3.8, 4) is 5.75 Å². The predicted molar refractivity (Wildman–Crippen MR) is 81.4 cm³/mol. The maximum absolute atomic E-state index is 13.8. The molecule has 1 spiro atoms. The maximum atomic E-state index is 13.8. The van der Waals surface area contributed by atoms with E-state index in [1.165, 1.54) is 38.2 Å². The topological polar surface area (TPSA) is 18.5 Å². The molecular weight excluding hydrogens is 291 g/mol. The minimum absolute atomic E-state index is 0.0906. The van der Waals surface area contributed by atoms with E-state index in [4.69, 9.17) is 21.1 Å². The van der Waals surface area contributed by atoms with E-state index in [1.807, 2.05) is 0 Å². The summed E-state index contributed by atoms with van der Waals surface area (Å²) in [6.07, 6.45) is 8.42. The SMILES string of the molecule is Fc1cc(CCl)ccc1OCC1CCC2(CCCCC2)O1. The number of halogens is 2. The standard InChI is InChI=1S/C17H22ClFO2/c18-11-13-4-5-16(15(19)10-13)20-12-14-6-9-17(21-14)7-2-1-3-8-17/h4-5,10,14H,1-3,6-9,11-12H2. The van der Waals surface area contributed by atoms with Crippen molar-refractivity contribution in [2.24, 2.45) is 0 Å². The van der Waals surface area contributed by atoms with Crippen LogP contribution >= 0.6 is 11.6 Å². The van der Waals surface area contributed by atoms with Gasteiger partial charge in [-0.25, -0.2) is 4.39 Å². The molecule has 1 saturated heterocycles. The molecule has 0 N–H and O–H groups in total. The Kier molecular flexibility index (Phi) is 4.70. The smallest absolute Gasteiger partial charge is 0.165 e. The fourth-order valence-electron chi connectivity index (χ4n) is 3.50. The van der Waals surface area contributed by atoms with Crippen molar-refractivity contribution in [2.75, 3.05) is 6.61 Å². The Morgan fingerprint density at radius 1 is 1.24 bits per heavy atom. The largest absolute Gasteiger partial charge is 0.488 e. The quantitative estimate of drug-likeness (QED) is 0.742. The zero-order valence-corrected chi connectivity index (χ0v) is 13.0. The first-order valence-electron chi connectivity index (χ1n) is 7.86. The van der Waals surface area contributed by atoms with E-state index in [9.17, 15) is 4.39 Å². The fourth-order valence-corrected chi connectivity index (χ4v) is 3.67. The van der Waals surface area contributed by atoms with Crippen LogP contribution in [-0.4, -0.2) is 18.3 Å². The number of hydrogen-bond acceptors (Lipinski definition) is 2. The number of ether oxygens (including phenoxy) is 2. The molecule has 1 unspecified atom stereocenters. The first kappa shape index (κ1) is 15.1. The molecule has 1 aromatic carbocycles. The highest BCUT2D eigenvalue weighted by atomic mass is 35.5. The van der Waals surface area contributed by atoms with Gasteiger partial charge in [0.15, 0.2) is 11.6 Å². The first-order valence-corrected chi connectivity index (χ1v) is 8.39. The molecule has 0 aromatic heterocycles. The Morgan fingerprint density at radius 3 is 2.76 bits per heavy atom. The molecule has 1 aromatic rings. The van der Waals surface area contributed by atoms with Crippen LogP contribution in [0.3, 0.4) is 0 Å². The normalized spacial score (nSPS) is 24.4. The van der Waals surface area contributed by atoms with Crippen LogP contribution in [0.2, 0.25) is 0 Å². The molecule has 116 valence electrons. The molecule has 0 bridgehead atoms. The second-order valence-electron chi connectivity index (χ2n) is 6.23. The van der Waals surface area contributed by atoms with Crippen molar-refractivity contribution in [2.45, 2.75) is 62.5 Å². The molecule has 1 saturated carbocycles. The van der Waals surface area contributed by atoms with Crippen LogP contribution in [0.15, 0.2) is 18.2 Å². The highest BCUT2D eigenvalue weighted by molar-refractivity contribution is 6.17. The van der Waals surface area contributed by atoms with Crippen molar-refractivity contribution in [3.63, 3.8) is 0 Å². The van der Waals surface area contributed by atoms with Gasteiger partial charge in [-0.3, -0.25) is 0 Å². The van der Waals surface area contributed by atoms with Crippen molar-refractivity contribution in [1.29, 1.82) is 0 Å². The molecule has 1 aliphatic carbocycles. The number of hydrogen-bond donors (Lipinski definition) is 0. The lowest BCUT2D eigenvalue weighted by Crippen LogP contribution is -2.32. The summed E-state index contributed by atoms with van der Waals surface area (Å²) >= 11 is 5.69. The highest BCUT2D eigenvalue weighted by Gasteiger charge is 2.40. The Balaban J connectivity index is 1.54. The molecule has 21 heavy (non-hydrogen) atoms. The first-order chi connectivity index (χ1) is 10.2. The van der Waals surface area contributed by atoms with Gasteiger partial charge < -0.3 is 9.47 Å². The van der Waals surface area contributed by atoms with E-state index in [1.54, 1.807) is 12.1 Å².